The van der Waals surface area contributed by atoms with Crippen LogP contribution in [0.2, 0.25) is 0 Å². The van der Waals surface area contributed by atoms with E-state index >= 15 is 0 Å². The van der Waals surface area contributed by atoms with Crippen molar-refractivity contribution in [1.82, 2.24) is 9.97 Å². The molecule has 1 aromatic carbocycles. The first-order valence-corrected chi connectivity index (χ1v) is 8.40. The summed E-state index contributed by atoms with van der Waals surface area (Å²) in [5, 5.41) is 2.85. The lowest BCUT2D eigenvalue weighted by Gasteiger charge is -2.12. The zero-order valence-corrected chi connectivity index (χ0v) is 14.8. The maximum absolute atomic E-state index is 12.4. The number of thioether (sulfide) groups is 1. The summed E-state index contributed by atoms with van der Waals surface area (Å²) < 4.78 is 16.0. The average molecular weight is 359 g/mol. The van der Waals surface area contributed by atoms with Crippen molar-refractivity contribution < 1.29 is 18.7 Å². The van der Waals surface area contributed by atoms with Crippen LogP contribution in [0.5, 0.6) is 11.5 Å². The van der Waals surface area contributed by atoms with Gasteiger partial charge in [0.2, 0.25) is 5.91 Å². The molecule has 0 aliphatic carbocycles. The number of carbonyl (C=O) groups excluding carboxylic acids is 1. The second-order valence-corrected chi connectivity index (χ2v) is 6.42. The van der Waals surface area contributed by atoms with E-state index in [1.54, 1.807) is 57.7 Å². The summed E-state index contributed by atoms with van der Waals surface area (Å²) in [6, 6.07) is 8.75. The highest BCUT2D eigenvalue weighted by molar-refractivity contribution is 8.00. The van der Waals surface area contributed by atoms with Crippen LogP contribution in [0.3, 0.4) is 0 Å². The highest BCUT2D eigenvalue weighted by Gasteiger charge is 2.19. The molecule has 1 atom stereocenters. The van der Waals surface area contributed by atoms with Gasteiger partial charge >= 0.3 is 0 Å². The summed E-state index contributed by atoms with van der Waals surface area (Å²) in [5.41, 5.74) is 1.74. The van der Waals surface area contributed by atoms with Crippen LogP contribution in [-0.2, 0) is 4.79 Å². The van der Waals surface area contributed by atoms with Crippen LogP contribution in [-0.4, -0.2) is 35.3 Å². The first-order chi connectivity index (χ1) is 12.1. The SMILES string of the molecule is COc1ccc(NC(=O)[C@H](C)Sc2nc3ncccc3o2)cc1OC. The number of benzene rings is 1. The van der Waals surface area contributed by atoms with E-state index in [0.717, 1.165) is 0 Å². The Morgan fingerprint density at radius 1 is 1.24 bits per heavy atom. The molecular weight excluding hydrogens is 342 g/mol. The second-order valence-electron chi connectivity index (χ2n) is 5.12. The third-order valence-electron chi connectivity index (χ3n) is 3.44. The monoisotopic (exact) mass is 359 g/mol. The van der Waals surface area contributed by atoms with Crippen molar-refractivity contribution in [3.63, 3.8) is 0 Å². The van der Waals surface area contributed by atoms with Crippen molar-refractivity contribution in [3.05, 3.63) is 36.5 Å². The molecule has 0 radical (unpaired) electrons. The van der Waals surface area contributed by atoms with Crippen LogP contribution in [0.25, 0.3) is 11.2 Å². The largest absolute Gasteiger partial charge is 0.493 e. The summed E-state index contributed by atoms with van der Waals surface area (Å²) in [6.07, 6.45) is 1.65. The fourth-order valence-electron chi connectivity index (χ4n) is 2.16. The van der Waals surface area contributed by atoms with Gasteiger partial charge in [-0.25, -0.2) is 4.98 Å². The number of carbonyl (C=O) groups is 1. The van der Waals surface area contributed by atoms with Crippen molar-refractivity contribution in [3.8, 4) is 11.5 Å². The van der Waals surface area contributed by atoms with Crippen molar-refractivity contribution in [2.24, 2.45) is 0 Å². The number of methoxy groups -OCH3 is 2. The van der Waals surface area contributed by atoms with Gasteiger partial charge in [0.05, 0.1) is 19.5 Å². The van der Waals surface area contributed by atoms with Gasteiger partial charge < -0.3 is 19.2 Å². The maximum Gasteiger partial charge on any atom is 0.259 e. The maximum atomic E-state index is 12.4. The van der Waals surface area contributed by atoms with Gasteiger partial charge in [-0.05, 0) is 31.2 Å². The third kappa shape index (κ3) is 3.85. The molecule has 1 N–H and O–H groups in total. The molecule has 2 heterocycles. The Kier molecular flexibility index (Phi) is 5.08. The molecule has 0 saturated heterocycles. The average Bonchev–Trinajstić information content (AvgIpc) is 3.03. The lowest BCUT2D eigenvalue weighted by Crippen LogP contribution is -2.22. The standard InChI is InChI=1S/C17H17N3O4S/c1-10(25-17-20-15-13(24-17)5-4-8-18-15)16(21)19-11-6-7-12(22-2)14(9-11)23-3/h4-10H,1-3H3,(H,19,21)/t10-/m0/s1. The Labute approximate surface area is 148 Å². The van der Waals surface area contributed by atoms with Crippen LogP contribution in [0.15, 0.2) is 46.2 Å². The van der Waals surface area contributed by atoms with Crippen molar-refractivity contribution in [2.45, 2.75) is 17.4 Å². The van der Waals surface area contributed by atoms with E-state index in [-0.39, 0.29) is 5.91 Å². The van der Waals surface area contributed by atoms with E-state index in [2.05, 4.69) is 15.3 Å². The fourth-order valence-corrected chi connectivity index (χ4v) is 2.91. The number of rotatable bonds is 6. The molecule has 130 valence electrons. The first kappa shape index (κ1) is 17.1. The van der Waals surface area contributed by atoms with Gasteiger partial charge in [0.1, 0.15) is 0 Å². The number of oxazole rings is 1. The molecule has 25 heavy (non-hydrogen) atoms. The number of amides is 1. The summed E-state index contributed by atoms with van der Waals surface area (Å²) >= 11 is 1.23. The minimum Gasteiger partial charge on any atom is -0.493 e. The van der Waals surface area contributed by atoms with Gasteiger partial charge in [-0.3, -0.25) is 4.79 Å². The molecule has 8 heteroatoms. The number of anilines is 1. The van der Waals surface area contributed by atoms with Crippen molar-refractivity contribution in [1.29, 1.82) is 0 Å². The van der Waals surface area contributed by atoms with Crippen LogP contribution < -0.4 is 14.8 Å². The number of nitrogens with one attached hydrogen (secondary N) is 1. The number of pyridine rings is 1. The number of hydrogen-bond acceptors (Lipinski definition) is 7. The van der Waals surface area contributed by atoms with Gasteiger partial charge in [-0.1, -0.05) is 11.8 Å². The summed E-state index contributed by atoms with van der Waals surface area (Å²) in [4.78, 5) is 20.8. The number of fused-ring (bicyclic) bond motifs is 1. The zero-order valence-electron chi connectivity index (χ0n) is 14.0. The van der Waals surface area contributed by atoms with Crippen molar-refractivity contribution >= 4 is 34.6 Å². The number of aromatic nitrogens is 2. The number of ether oxygens (including phenoxy) is 2. The van der Waals surface area contributed by atoms with Gasteiger partial charge in [-0.2, -0.15) is 4.98 Å². The van der Waals surface area contributed by atoms with Crippen molar-refractivity contribution in [2.75, 3.05) is 19.5 Å². The Bertz CT molecular complexity index is 863. The molecule has 0 unspecified atom stereocenters. The van der Waals surface area contributed by atoms with E-state index in [1.807, 2.05) is 0 Å². The van der Waals surface area contributed by atoms with Gasteiger partial charge in [0, 0.05) is 18.0 Å². The fraction of sp³-hybridized carbons (Fsp3) is 0.235. The first-order valence-electron chi connectivity index (χ1n) is 7.52. The highest BCUT2D eigenvalue weighted by atomic mass is 32.2. The molecule has 0 spiro atoms. The summed E-state index contributed by atoms with van der Waals surface area (Å²) in [5.74, 6) is 0.972. The summed E-state index contributed by atoms with van der Waals surface area (Å²) in [6.45, 7) is 1.78. The molecule has 2 aromatic heterocycles. The molecule has 0 saturated carbocycles. The minimum absolute atomic E-state index is 0.174. The Hall–Kier alpha value is -2.74. The molecule has 3 rings (SSSR count). The van der Waals surface area contributed by atoms with Gasteiger partial charge in [0.25, 0.3) is 5.22 Å². The normalized spacial score (nSPS) is 12.0. The Morgan fingerprint density at radius 2 is 2.04 bits per heavy atom. The van der Waals surface area contributed by atoms with Crippen LogP contribution in [0, 0.1) is 0 Å². The Balaban J connectivity index is 1.68. The molecule has 0 aliphatic rings. The molecule has 0 fully saturated rings. The predicted molar refractivity (Wildman–Crippen MR) is 95.3 cm³/mol. The zero-order chi connectivity index (χ0) is 17.8. The topological polar surface area (TPSA) is 86.5 Å². The summed E-state index contributed by atoms with van der Waals surface area (Å²) in [7, 11) is 3.10. The number of nitrogens with zero attached hydrogens (tertiary/aromatic N) is 2. The molecule has 1 amide bonds. The lowest BCUT2D eigenvalue weighted by atomic mass is 10.2. The second kappa shape index (κ2) is 7.43. The number of hydrogen-bond donors (Lipinski definition) is 1. The molecule has 3 aromatic rings. The third-order valence-corrected chi connectivity index (χ3v) is 4.39. The van der Waals surface area contributed by atoms with Gasteiger partial charge in [-0.15, -0.1) is 0 Å². The minimum atomic E-state index is -0.402. The molecule has 0 aliphatic heterocycles. The van der Waals surface area contributed by atoms with Crippen LogP contribution in [0.1, 0.15) is 6.92 Å². The van der Waals surface area contributed by atoms with Crippen LogP contribution >= 0.6 is 11.8 Å². The highest BCUT2D eigenvalue weighted by Crippen LogP contribution is 2.31. The molecule has 0 bridgehead atoms. The van der Waals surface area contributed by atoms with E-state index in [4.69, 9.17) is 13.9 Å². The molecule has 7 nitrogen and oxygen atoms in total. The van der Waals surface area contributed by atoms with E-state index in [9.17, 15) is 4.79 Å². The van der Waals surface area contributed by atoms with E-state index < -0.39 is 5.25 Å². The predicted octanol–water partition coefficient (Wildman–Crippen LogP) is 3.36. The molecular formula is C17H17N3O4S. The van der Waals surface area contributed by atoms with Gasteiger partial charge in [0.15, 0.2) is 22.7 Å². The Morgan fingerprint density at radius 3 is 2.76 bits per heavy atom. The van der Waals surface area contributed by atoms with E-state index in [0.29, 0.717) is 33.6 Å². The van der Waals surface area contributed by atoms with E-state index in [1.165, 1.54) is 11.8 Å². The lowest BCUT2D eigenvalue weighted by molar-refractivity contribution is -0.115. The quantitative estimate of drug-likeness (QED) is 0.675. The smallest absolute Gasteiger partial charge is 0.259 e. The van der Waals surface area contributed by atoms with Crippen LogP contribution in [0.4, 0.5) is 5.69 Å².